The third-order valence-corrected chi connectivity index (χ3v) is 4.75. The first-order chi connectivity index (χ1) is 13.1. The Labute approximate surface area is 157 Å². The minimum Gasteiger partial charge on any atom is -0.368 e. The van der Waals surface area contributed by atoms with Gasteiger partial charge in [0.05, 0.1) is 5.52 Å². The molecule has 1 fully saturated rings. The van der Waals surface area contributed by atoms with Gasteiger partial charge in [-0.15, -0.1) is 10.2 Å². The van der Waals surface area contributed by atoms with Crippen molar-refractivity contribution in [2.45, 2.75) is 0 Å². The second kappa shape index (κ2) is 7.14. The zero-order chi connectivity index (χ0) is 18.8. The van der Waals surface area contributed by atoms with Crippen molar-refractivity contribution in [2.24, 2.45) is 0 Å². The van der Waals surface area contributed by atoms with E-state index in [9.17, 15) is 4.79 Å². The molecule has 0 radical (unpaired) electrons. The van der Waals surface area contributed by atoms with E-state index in [0.717, 1.165) is 35.5 Å². The number of rotatable bonds is 3. The molecule has 8 nitrogen and oxygen atoms in total. The summed E-state index contributed by atoms with van der Waals surface area (Å²) in [6.07, 6.45) is 3.38. The lowest BCUT2D eigenvalue weighted by atomic mass is 10.2. The van der Waals surface area contributed by atoms with E-state index in [1.165, 1.54) is 0 Å². The molecule has 2 aromatic heterocycles. The van der Waals surface area contributed by atoms with Crippen molar-refractivity contribution in [3.8, 4) is 0 Å². The molecule has 8 heteroatoms. The lowest BCUT2D eigenvalue weighted by molar-refractivity contribution is 0.0739. The van der Waals surface area contributed by atoms with Gasteiger partial charge in [-0.05, 0) is 30.3 Å². The van der Waals surface area contributed by atoms with Crippen LogP contribution in [0.2, 0.25) is 0 Å². The number of piperazine rings is 1. The van der Waals surface area contributed by atoms with Gasteiger partial charge in [0.2, 0.25) is 0 Å². The lowest BCUT2D eigenvalue weighted by Crippen LogP contribution is -2.49. The van der Waals surface area contributed by atoms with Crippen molar-refractivity contribution in [1.29, 1.82) is 0 Å². The molecule has 1 amide bonds. The third-order valence-electron chi connectivity index (χ3n) is 4.75. The van der Waals surface area contributed by atoms with Gasteiger partial charge in [0.25, 0.3) is 5.91 Å². The maximum Gasteiger partial charge on any atom is 0.274 e. The predicted octanol–water partition coefficient (Wildman–Crippen LogP) is 1.45. The first-order valence-electron chi connectivity index (χ1n) is 8.87. The van der Waals surface area contributed by atoms with E-state index in [0.29, 0.717) is 18.8 Å². The molecule has 3 aromatic rings. The quantitative estimate of drug-likeness (QED) is 0.697. The summed E-state index contributed by atoms with van der Waals surface area (Å²) in [4.78, 5) is 27.0. The topological polar surface area (TPSA) is 78.4 Å². The maximum atomic E-state index is 12.7. The van der Waals surface area contributed by atoms with E-state index in [1.807, 2.05) is 42.2 Å². The molecule has 3 heterocycles. The number of carbonyl (C=O) groups is 1. The van der Waals surface area contributed by atoms with E-state index in [2.05, 4.69) is 37.2 Å². The Kier molecular flexibility index (Phi) is 4.53. The second-order valence-electron chi connectivity index (χ2n) is 6.72. The van der Waals surface area contributed by atoms with Crippen molar-refractivity contribution in [1.82, 2.24) is 25.1 Å². The maximum absolute atomic E-state index is 12.7. The van der Waals surface area contributed by atoms with Crippen LogP contribution < -0.4 is 9.80 Å². The number of hydrogen-bond acceptors (Lipinski definition) is 7. The fourth-order valence-corrected chi connectivity index (χ4v) is 3.18. The smallest absolute Gasteiger partial charge is 0.274 e. The summed E-state index contributed by atoms with van der Waals surface area (Å²) in [7, 11) is 3.79. The number of hydrogen-bond donors (Lipinski definition) is 0. The molecule has 0 atom stereocenters. The van der Waals surface area contributed by atoms with Gasteiger partial charge >= 0.3 is 0 Å². The standard InChI is InChI=1S/C19H21N7O/c1-24(2)18-6-5-17(22-23-18)19(27)26-9-7-25(8-10-26)15-3-4-16-14(11-15)12-20-13-21-16/h3-6,11-13H,7-10H2,1-2H3. The number of aromatic nitrogens is 4. The summed E-state index contributed by atoms with van der Waals surface area (Å²) in [5.74, 6) is 0.663. The summed E-state index contributed by atoms with van der Waals surface area (Å²) < 4.78 is 0. The first kappa shape index (κ1) is 17.1. The molecule has 1 saturated heterocycles. The van der Waals surface area contributed by atoms with Crippen molar-refractivity contribution >= 4 is 28.3 Å². The molecule has 0 aliphatic carbocycles. The molecule has 138 valence electrons. The Bertz CT molecular complexity index is 950. The Morgan fingerprint density at radius 2 is 1.85 bits per heavy atom. The SMILES string of the molecule is CN(C)c1ccc(C(=O)N2CCN(c3ccc4ncncc4c3)CC2)nn1. The fourth-order valence-electron chi connectivity index (χ4n) is 3.18. The molecule has 27 heavy (non-hydrogen) atoms. The van der Waals surface area contributed by atoms with Gasteiger partial charge in [0.1, 0.15) is 6.33 Å². The van der Waals surface area contributed by atoms with Gasteiger partial charge in [0.15, 0.2) is 11.5 Å². The van der Waals surface area contributed by atoms with Crippen LogP contribution >= 0.6 is 0 Å². The fraction of sp³-hybridized carbons (Fsp3) is 0.316. The number of amides is 1. The van der Waals surface area contributed by atoms with Crippen LogP contribution in [-0.2, 0) is 0 Å². The van der Waals surface area contributed by atoms with E-state index >= 15 is 0 Å². The Morgan fingerprint density at radius 1 is 1.04 bits per heavy atom. The van der Waals surface area contributed by atoms with E-state index in [1.54, 1.807) is 12.4 Å². The van der Waals surface area contributed by atoms with Crippen LogP contribution in [0.4, 0.5) is 11.5 Å². The van der Waals surface area contributed by atoms with E-state index in [4.69, 9.17) is 0 Å². The average Bonchev–Trinajstić information content (AvgIpc) is 2.73. The summed E-state index contributed by atoms with van der Waals surface area (Å²) in [5.41, 5.74) is 2.44. The van der Waals surface area contributed by atoms with Crippen molar-refractivity contribution in [3.05, 3.63) is 48.5 Å². The van der Waals surface area contributed by atoms with Gasteiger partial charge in [0, 0.05) is 57.5 Å². The van der Waals surface area contributed by atoms with Gasteiger partial charge < -0.3 is 14.7 Å². The van der Waals surface area contributed by atoms with Crippen LogP contribution in [0, 0.1) is 0 Å². The Hall–Kier alpha value is -3.29. The van der Waals surface area contributed by atoms with Crippen LogP contribution in [-0.4, -0.2) is 71.2 Å². The highest BCUT2D eigenvalue weighted by Gasteiger charge is 2.23. The Balaban J connectivity index is 1.42. The van der Waals surface area contributed by atoms with E-state index < -0.39 is 0 Å². The van der Waals surface area contributed by atoms with Crippen LogP contribution in [0.3, 0.4) is 0 Å². The zero-order valence-corrected chi connectivity index (χ0v) is 15.4. The largest absolute Gasteiger partial charge is 0.368 e. The first-order valence-corrected chi connectivity index (χ1v) is 8.87. The van der Waals surface area contributed by atoms with Gasteiger partial charge in [-0.1, -0.05) is 0 Å². The van der Waals surface area contributed by atoms with Crippen molar-refractivity contribution < 1.29 is 4.79 Å². The van der Waals surface area contributed by atoms with Gasteiger partial charge in [-0.25, -0.2) is 9.97 Å². The molecular weight excluding hydrogens is 342 g/mol. The number of fused-ring (bicyclic) bond motifs is 1. The molecular formula is C19H21N7O. The van der Waals surface area contributed by atoms with Crippen molar-refractivity contribution in [3.63, 3.8) is 0 Å². The summed E-state index contributed by atoms with van der Waals surface area (Å²) >= 11 is 0. The Morgan fingerprint density at radius 3 is 2.56 bits per heavy atom. The molecule has 0 saturated carbocycles. The predicted molar refractivity (Wildman–Crippen MR) is 104 cm³/mol. The van der Waals surface area contributed by atoms with Crippen LogP contribution in [0.15, 0.2) is 42.9 Å². The number of nitrogens with zero attached hydrogens (tertiary/aromatic N) is 7. The molecule has 1 aliphatic rings. The van der Waals surface area contributed by atoms with Crippen molar-refractivity contribution in [2.75, 3.05) is 50.1 Å². The summed E-state index contributed by atoms with van der Waals surface area (Å²) in [6.45, 7) is 2.85. The van der Waals surface area contributed by atoms with Gasteiger partial charge in [-0.3, -0.25) is 4.79 Å². The molecule has 0 unspecified atom stereocenters. The highest BCUT2D eigenvalue weighted by Crippen LogP contribution is 2.22. The number of carbonyl (C=O) groups excluding carboxylic acids is 1. The minimum absolute atomic E-state index is 0.0700. The van der Waals surface area contributed by atoms with Crippen LogP contribution in [0.5, 0.6) is 0 Å². The highest BCUT2D eigenvalue weighted by molar-refractivity contribution is 5.92. The normalized spacial score (nSPS) is 14.4. The molecule has 4 rings (SSSR count). The monoisotopic (exact) mass is 363 g/mol. The minimum atomic E-state index is -0.0700. The summed E-state index contributed by atoms with van der Waals surface area (Å²) in [6, 6.07) is 9.72. The van der Waals surface area contributed by atoms with E-state index in [-0.39, 0.29) is 5.91 Å². The molecule has 0 spiro atoms. The second-order valence-corrected chi connectivity index (χ2v) is 6.72. The van der Waals surface area contributed by atoms with Crippen LogP contribution in [0.25, 0.3) is 10.9 Å². The molecule has 0 N–H and O–H groups in total. The zero-order valence-electron chi connectivity index (χ0n) is 15.4. The third kappa shape index (κ3) is 3.51. The lowest BCUT2D eigenvalue weighted by Gasteiger charge is -2.36. The molecule has 1 aliphatic heterocycles. The molecule has 1 aromatic carbocycles. The molecule has 0 bridgehead atoms. The van der Waals surface area contributed by atoms with Crippen LogP contribution in [0.1, 0.15) is 10.5 Å². The number of anilines is 2. The average molecular weight is 363 g/mol. The number of benzene rings is 1. The highest BCUT2D eigenvalue weighted by atomic mass is 16.2. The summed E-state index contributed by atoms with van der Waals surface area (Å²) in [5, 5.41) is 9.19. The van der Waals surface area contributed by atoms with Gasteiger partial charge in [-0.2, -0.15) is 0 Å².